The van der Waals surface area contributed by atoms with E-state index in [9.17, 15) is 9.59 Å². The molecule has 170 valence electrons. The number of likely N-dealkylation sites (tertiary alicyclic amines) is 1. The molecule has 1 saturated carbocycles. The van der Waals surface area contributed by atoms with Crippen molar-refractivity contribution in [1.29, 1.82) is 0 Å². The first kappa shape index (κ1) is 25.1. The number of rotatable bonds is 10. The van der Waals surface area contributed by atoms with Crippen LogP contribution in [-0.2, 0) is 14.3 Å². The molecule has 5 unspecified atom stereocenters. The number of nitrogens with one attached hydrogen (secondary N) is 2. The smallest absolute Gasteiger partial charge is 0.233 e. The second kappa shape index (κ2) is 11.5. The van der Waals surface area contributed by atoms with E-state index in [1.54, 1.807) is 7.05 Å². The minimum atomic E-state index is -0.0980. The molecule has 30 heavy (non-hydrogen) atoms. The summed E-state index contributed by atoms with van der Waals surface area (Å²) < 4.78 is 5.77. The Morgan fingerprint density at radius 3 is 2.30 bits per heavy atom. The number of fused-ring (bicyclic) bond motifs is 5. The fourth-order valence-corrected chi connectivity index (χ4v) is 5.01. The van der Waals surface area contributed by atoms with Gasteiger partial charge in [-0.15, -0.1) is 24.0 Å². The van der Waals surface area contributed by atoms with Crippen LogP contribution in [0, 0.1) is 29.6 Å². The van der Waals surface area contributed by atoms with Crippen molar-refractivity contribution < 1.29 is 14.3 Å². The number of carbonyl (C=O) groups excluding carboxylic acids is 2. The molecule has 1 saturated heterocycles. The molecule has 0 aromatic carbocycles. The van der Waals surface area contributed by atoms with Crippen LogP contribution in [0.2, 0.25) is 0 Å². The normalized spacial score (nSPS) is 28.2. The van der Waals surface area contributed by atoms with E-state index in [0.29, 0.717) is 25.4 Å². The minimum absolute atomic E-state index is 0. The summed E-state index contributed by atoms with van der Waals surface area (Å²) in [6, 6.07) is 0. The summed E-state index contributed by atoms with van der Waals surface area (Å²) in [6.07, 6.45) is 7.11. The molecule has 1 heterocycles. The van der Waals surface area contributed by atoms with Crippen LogP contribution in [0.1, 0.15) is 40.0 Å². The highest BCUT2D eigenvalue weighted by atomic mass is 127. The van der Waals surface area contributed by atoms with Gasteiger partial charge in [0.25, 0.3) is 0 Å². The number of aliphatic imine (C=N–C) groups is 1. The van der Waals surface area contributed by atoms with Gasteiger partial charge in [-0.1, -0.05) is 26.0 Å². The Labute approximate surface area is 197 Å². The summed E-state index contributed by atoms with van der Waals surface area (Å²) >= 11 is 0. The fraction of sp³-hybridized carbons (Fsp3) is 0.773. The second-order valence-corrected chi connectivity index (χ2v) is 8.63. The molecule has 0 radical (unpaired) electrons. The van der Waals surface area contributed by atoms with E-state index >= 15 is 0 Å². The van der Waals surface area contributed by atoms with Crippen molar-refractivity contribution in [2.45, 2.75) is 46.1 Å². The van der Waals surface area contributed by atoms with Crippen LogP contribution in [0.4, 0.5) is 0 Å². The average Bonchev–Trinajstić information content (AvgIpc) is 3.38. The van der Waals surface area contributed by atoms with Crippen LogP contribution >= 0.6 is 24.0 Å². The Hall–Kier alpha value is -1.16. The maximum Gasteiger partial charge on any atom is 0.233 e. The molecule has 2 bridgehead atoms. The van der Waals surface area contributed by atoms with Gasteiger partial charge in [-0.3, -0.25) is 19.5 Å². The van der Waals surface area contributed by atoms with Crippen LogP contribution in [0.5, 0.6) is 0 Å². The van der Waals surface area contributed by atoms with E-state index in [2.05, 4.69) is 41.6 Å². The predicted molar refractivity (Wildman–Crippen MR) is 129 cm³/mol. The molecule has 2 amide bonds. The van der Waals surface area contributed by atoms with Gasteiger partial charge in [0.1, 0.15) is 0 Å². The van der Waals surface area contributed by atoms with Crippen LogP contribution in [-0.4, -0.2) is 62.1 Å². The number of amides is 2. The summed E-state index contributed by atoms with van der Waals surface area (Å²) in [7, 11) is 1.75. The molecular formula is C22H37IN4O3. The number of ether oxygens (including phenoxy) is 1. The molecule has 8 heteroatoms. The van der Waals surface area contributed by atoms with Gasteiger partial charge in [-0.25, -0.2) is 0 Å². The topological polar surface area (TPSA) is 83.0 Å². The number of allylic oxidation sites excluding steroid dienone is 2. The Balaban J connectivity index is 0.00000320. The molecule has 2 N–H and O–H groups in total. The van der Waals surface area contributed by atoms with Gasteiger partial charge in [-0.2, -0.15) is 0 Å². The first-order chi connectivity index (χ1) is 14.0. The maximum atomic E-state index is 12.7. The van der Waals surface area contributed by atoms with E-state index in [-0.39, 0.29) is 65.6 Å². The largest absolute Gasteiger partial charge is 0.378 e. The van der Waals surface area contributed by atoms with Gasteiger partial charge < -0.3 is 15.4 Å². The van der Waals surface area contributed by atoms with Crippen molar-refractivity contribution in [2.75, 3.05) is 33.3 Å². The van der Waals surface area contributed by atoms with Crippen LogP contribution < -0.4 is 10.6 Å². The zero-order valence-corrected chi connectivity index (χ0v) is 20.9. The third-order valence-electron chi connectivity index (χ3n) is 6.48. The Kier molecular flexibility index (Phi) is 9.59. The lowest BCUT2D eigenvalue weighted by Crippen LogP contribution is -2.41. The molecule has 1 aliphatic heterocycles. The molecule has 3 aliphatic rings. The third-order valence-corrected chi connectivity index (χ3v) is 6.48. The summed E-state index contributed by atoms with van der Waals surface area (Å²) in [5, 5.41) is 6.59. The lowest BCUT2D eigenvalue weighted by Gasteiger charge is -2.21. The molecule has 2 fully saturated rings. The first-order valence-corrected chi connectivity index (χ1v) is 11.1. The van der Waals surface area contributed by atoms with E-state index in [0.717, 1.165) is 32.0 Å². The van der Waals surface area contributed by atoms with Crippen molar-refractivity contribution in [3.05, 3.63) is 12.2 Å². The van der Waals surface area contributed by atoms with Crippen molar-refractivity contribution in [3.8, 4) is 0 Å². The number of hydrogen-bond donors (Lipinski definition) is 2. The van der Waals surface area contributed by atoms with Crippen LogP contribution in [0.25, 0.3) is 0 Å². The SMILES string of the molecule is CCOC(CCNC(=NC)NCCCN1C(=O)C2C3C=CC(C3)C2C1=O)C(C)C.I. The number of carbonyl (C=O) groups is 2. The lowest BCUT2D eigenvalue weighted by atomic mass is 9.85. The Morgan fingerprint density at radius 2 is 1.77 bits per heavy atom. The van der Waals surface area contributed by atoms with Crippen molar-refractivity contribution in [2.24, 2.45) is 34.6 Å². The number of nitrogens with zero attached hydrogens (tertiary/aromatic N) is 2. The number of hydrogen-bond acceptors (Lipinski definition) is 4. The molecule has 2 aliphatic carbocycles. The zero-order chi connectivity index (χ0) is 21.0. The molecule has 5 atom stereocenters. The zero-order valence-electron chi connectivity index (χ0n) is 18.6. The minimum Gasteiger partial charge on any atom is -0.378 e. The summed E-state index contributed by atoms with van der Waals surface area (Å²) in [5.74, 6) is 1.65. The number of imide groups is 1. The van der Waals surface area contributed by atoms with Gasteiger partial charge in [0, 0.05) is 33.3 Å². The molecule has 0 spiro atoms. The highest BCUT2D eigenvalue weighted by Crippen LogP contribution is 2.52. The van der Waals surface area contributed by atoms with E-state index < -0.39 is 0 Å². The number of halogens is 1. The Morgan fingerprint density at radius 1 is 1.17 bits per heavy atom. The van der Waals surface area contributed by atoms with Gasteiger partial charge in [-0.05, 0) is 43.9 Å². The molecule has 0 aromatic heterocycles. The lowest BCUT2D eigenvalue weighted by molar-refractivity contribution is -0.140. The average molecular weight is 532 g/mol. The number of guanidine groups is 1. The van der Waals surface area contributed by atoms with Crippen molar-refractivity contribution >= 4 is 41.8 Å². The highest BCUT2D eigenvalue weighted by Gasteiger charge is 2.58. The summed E-state index contributed by atoms with van der Waals surface area (Å²) in [5.41, 5.74) is 0. The molecule has 7 nitrogen and oxygen atoms in total. The predicted octanol–water partition coefficient (Wildman–Crippen LogP) is 2.42. The molecule has 0 aromatic rings. The van der Waals surface area contributed by atoms with E-state index in [1.807, 2.05) is 6.92 Å². The van der Waals surface area contributed by atoms with Crippen molar-refractivity contribution in [1.82, 2.24) is 15.5 Å². The second-order valence-electron chi connectivity index (χ2n) is 8.63. The molecular weight excluding hydrogens is 495 g/mol. The van der Waals surface area contributed by atoms with Crippen LogP contribution in [0.3, 0.4) is 0 Å². The third kappa shape index (κ3) is 5.36. The van der Waals surface area contributed by atoms with Crippen LogP contribution in [0.15, 0.2) is 17.1 Å². The summed E-state index contributed by atoms with van der Waals surface area (Å²) in [4.78, 5) is 31.1. The Bertz CT molecular complexity index is 637. The first-order valence-electron chi connectivity index (χ1n) is 11.1. The molecule has 3 rings (SSSR count). The summed E-state index contributed by atoms with van der Waals surface area (Å²) in [6.45, 7) is 9.01. The van der Waals surface area contributed by atoms with Gasteiger partial charge in [0.05, 0.1) is 17.9 Å². The monoisotopic (exact) mass is 532 g/mol. The quantitative estimate of drug-likeness (QED) is 0.113. The maximum absolute atomic E-state index is 12.7. The van der Waals surface area contributed by atoms with E-state index in [1.165, 1.54) is 4.90 Å². The highest BCUT2D eigenvalue weighted by molar-refractivity contribution is 14.0. The van der Waals surface area contributed by atoms with Gasteiger partial charge in [0.15, 0.2) is 5.96 Å². The van der Waals surface area contributed by atoms with E-state index in [4.69, 9.17) is 4.74 Å². The van der Waals surface area contributed by atoms with Gasteiger partial charge >= 0.3 is 0 Å². The van der Waals surface area contributed by atoms with Gasteiger partial charge in [0.2, 0.25) is 11.8 Å². The van der Waals surface area contributed by atoms with Crippen molar-refractivity contribution in [3.63, 3.8) is 0 Å². The fourth-order valence-electron chi connectivity index (χ4n) is 5.01. The standard InChI is InChI=1S/C22H36N4O3.HI/c1-5-29-17(14(2)3)9-11-25-22(23-4)24-10-6-12-26-20(27)18-15-7-8-16(13-15)19(18)21(26)28;/h7-8,14-19H,5-6,9-13H2,1-4H3,(H2,23,24,25);1H.